The lowest BCUT2D eigenvalue weighted by atomic mass is 10.0. The Kier molecular flexibility index (Phi) is 6.69. The maximum absolute atomic E-state index is 14.2. The second-order valence-corrected chi connectivity index (χ2v) is 9.44. The van der Waals surface area contributed by atoms with Gasteiger partial charge in [-0.2, -0.15) is 0 Å². The van der Waals surface area contributed by atoms with E-state index >= 15 is 0 Å². The van der Waals surface area contributed by atoms with Crippen LogP contribution in [0.4, 0.5) is 10.1 Å². The Morgan fingerprint density at radius 2 is 1.56 bits per heavy atom. The minimum absolute atomic E-state index is 0.226. The number of nitrogens with one attached hydrogen (secondary N) is 1. The Morgan fingerprint density at radius 3 is 2.26 bits per heavy atom. The smallest absolute Gasteiger partial charge is 0.174 e. The van der Waals surface area contributed by atoms with Crippen LogP contribution in [-0.4, -0.2) is 21.8 Å². The van der Waals surface area contributed by atoms with Crippen molar-refractivity contribution in [1.82, 2.24) is 14.9 Å². The number of rotatable bonds is 7. The molecule has 1 fully saturated rings. The third-order valence-corrected chi connectivity index (χ3v) is 6.99. The Balaban J connectivity index is 1.37. The average molecular weight is 537 g/mol. The topological polar surface area (TPSA) is 51.6 Å². The van der Waals surface area contributed by atoms with E-state index in [-0.39, 0.29) is 17.9 Å². The van der Waals surface area contributed by atoms with Crippen LogP contribution in [0.25, 0.3) is 5.69 Å². The third kappa shape index (κ3) is 4.94. The van der Waals surface area contributed by atoms with Gasteiger partial charge in [-0.15, -0.1) is 0 Å². The Morgan fingerprint density at radius 1 is 0.821 bits per heavy atom. The summed E-state index contributed by atoms with van der Waals surface area (Å²) in [5, 5.41) is 4.05. The number of aromatic nitrogens is 2. The molecule has 3 heterocycles. The van der Waals surface area contributed by atoms with Gasteiger partial charge in [-0.05, 0) is 103 Å². The summed E-state index contributed by atoms with van der Waals surface area (Å²) in [4.78, 5) is 6.71. The molecule has 0 spiro atoms. The predicted octanol–water partition coefficient (Wildman–Crippen LogP) is 6.99. The van der Waals surface area contributed by atoms with Gasteiger partial charge in [-0.25, -0.2) is 4.39 Å². The molecule has 194 valence electrons. The Labute approximate surface area is 231 Å². The number of benzene rings is 3. The molecule has 8 heteroatoms. The Hall–Kier alpha value is -4.69. The number of hydrogen-bond donors (Lipinski definition) is 1. The molecular weight excluding hydrogens is 511 g/mol. The predicted molar refractivity (Wildman–Crippen MR) is 153 cm³/mol. The van der Waals surface area contributed by atoms with Crippen LogP contribution < -0.4 is 19.7 Å². The summed E-state index contributed by atoms with van der Waals surface area (Å²) >= 11 is 5.87. The molecule has 0 aliphatic carbocycles. The summed E-state index contributed by atoms with van der Waals surface area (Å²) in [6.07, 6.45) is 3.71. The van der Waals surface area contributed by atoms with Gasteiger partial charge in [0.2, 0.25) is 0 Å². The van der Waals surface area contributed by atoms with Crippen LogP contribution in [0.1, 0.15) is 23.5 Å². The van der Waals surface area contributed by atoms with E-state index in [1.807, 2.05) is 95.7 Å². The molecule has 1 aliphatic rings. The molecule has 1 N–H and O–H groups in total. The van der Waals surface area contributed by atoms with E-state index in [0.29, 0.717) is 16.6 Å². The van der Waals surface area contributed by atoms with Crippen molar-refractivity contribution in [3.8, 4) is 22.9 Å². The number of pyridine rings is 1. The SMILES string of the molecule is COc1ccc(Oc2ccc(N3C(=S)N[C@H](c4ccccn4)[C@@H]3c3cccn3-c3cccc(F)c3)cc2)cc1. The molecule has 0 radical (unpaired) electrons. The lowest BCUT2D eigenvalue weighted by Gasteiger charge is -2.29. The van der Waals surface area contributed by atoms with Gasteiger partial charge in [-0.3, -0.25) is 4.98 Å². The summed E-state index contributed by atoms with van der Waals surface area (Å²) in [7, 11) is 1.63. The van der Waals surface area contributed by atoms with Gasteiger partial charge in [0.25, 0.3) is 0 Å². The largest absolute Gasteiger partial charge is 0.497 e. The first-order chi connectivity index (χ1) is 19.1. The fourth-order valence-corrected chi connectivity index (χ4v) is 5.23. The van der Waals surface area contributed by atoms with Crippen LogP contribution in [0.5, 0.6) is 17.2 Å². The van der Waals surface area contributed by atoms with Crippen LogP contribution in [-0.2, 0) is 0 Å². The highest BCUT2D eigenvalue weighted by Crippen LogP contribution is 2.42. The molecular formula is C31H25FN4O2S. The standard InChI is InChI=1S/C31H25FN4O2S/c1-37-24-14-16-26(17-15-24)38-25-12-10-22(11-13-25)36-30(29(34-31(36)39)27-8-2-3-18-33-27)28-9-5-19-35(28)23-7-4-6-21(32)20-23/h2-20,29-30H,1H3,(H,34,39)/t29-,30+/m1/s1. The minimum atomic E-state index is -0.294. The molecule has 2 aromatic heterocycles. The molecule has 1 saturated heterocycles. The molecule has 6 nitrogen and oxygen atoms in total. The molecule has 39 heavy (non-hydrogen) atoms. The Bertz CT molecular complexity index is 1590. The number of halogens is 1. The summed E-state index contributed by atoms with van der Waals surface area (Å²) in [6, 6.07) is 31.1. The fraction of sp³-hybridized carbons (Fsp3) is 0.0968. The zero-order chi connectivity index (χ0) is 26.8. The molecule has 3 aromatic carbocycles. The number of methoxy groups -OCH3 is 1. The van der Waals surface area contributed by atoms with Gasteiger partial charge in [0.1, 0.15) is 29.1 Å². The number of nitrogens with zero attached hydrogens (tertiary/aromatic N) is 3. The van der Waals surface area contributed by atoms with E-state index in [0.717, 1.165) is 28.5 Å². The van der Waals surface area contributed by atoms with Gasteiger partial charge in [0.15, 0.2) is 5.11 Å². The normalized spacial score (nSPS) is 16.7. The quantitative estimate of drug-likeness (QED) is 0.226. The molecule has 0 bridgehead atoms. The zero-order valence-electron chi connectivity index (χ0n) is 21.1. The van der Waals surface area contributed by atoms with Crippen molar-refractivity contribution in [2.45, 2.75) is 12.1 Å². The summed E-state index contributed by atoms with van der Waals surface area (Å²) in [5.74, 6) is 1.88. The van der Waals surface area contributed by atoms with Crippen LogP contribution >= 0.6 is 12.2 Å². The summed E-state index contributed by atoms with van der Waals surface area (Å²) in [5.41, 5.74) is 3.43. The van der Waals surface area contributed by atoms with Crippen LogP contribution in [0, 0.1) is 5.82 Å². The number of hydrogen-bond acceptors (Lipinski definition) is 4. The maximum Gasteiger partial charge on any atom is 0.174 e. The van der Waals surface area contributed by atoms with E-state index in [9.17, 15) is 4.39 Å². The highest BCUT2D eigenvalue weighted by molar-refractivity contribution is 7.80. The fourth-order valence-electron chi connectivity index (χ4n) is 4.88. The van der Waals surface area contributed by atoms with Crippen molar-refractivity contribution < 1.29 is 13.9 Å². The number of ether oxygens (including phenoxy) is 2. The molecule has 5 aromatic rings. The number of thiocarbonyl (C=S) groups is 1. The van der Waals surface area contributed by atoms with Gasteiger partial charge < -0.3 is 24.3 Å². The average Bonchev–Trinajstić information content (AvgIpc) is 3.59. The van der Waals surface area contributed by atoms with E-state index < -0.39 is 0 Å². The van der Waals surface area contributed by atoms with E-state index in [1.54, 1.807) is 19.4 Å². The molecule has 0 unspecified atom stereocenters. The van der Waals surface area contributed by atoms with Crippen molar-refractivity contribution in [2.75, 3.05) is 12.0 Å². The van der Waals surface area contributed by atoms with Gasteiger partial charge in [0, 0.05) is 29.5 Å². The molecule has 0 amide bonds. The molecule has 0 saturated carbocycles. The highest BCUT2D eigenvalue weighted by atomic mass is 32.1. The van der Waals surface area contributed by atoms with Crippen LogP contribution in [0.15, 0.2) is 116 Å². The van der Waals surface area contributed by atoms with Crippen molar-refractivity contribution in [3.63, 3.8) is 0 Å². The first-order valence-corrected chi connectivity index (χ1v) is 12.9. The molecule has 6 rings (SSSR count). The van der Waals surface area contributed by atoms with Gasteiger partial charge >= 0.3 is 0 Å². The third-order valence-electron chi connectivity index (χ3n) is 6.68. The zero-order valence-corrected chi connectivity index (χ0v) is 21.9. The van der Waals surface area contributed by atoms with Crippen LogP contribution in [0.2, 0.25) is 0 Å². The van der Waals surface area contributed by atoms with Crippen molar-refractivity contribution in [2.24, 2.45) is 0 Å². The monoisotopic (exact) mass is 536 g/mol. The maximum atomic E-state index is 14.2. The van der Waals surface area contributed by atoms with Crippen molar-refractivity contribution >= 4 is 23.0 Å². The van der Waals surface area contributed by atoms with E-state index in [4.69, 9.17) is 21.7 Å². The van der Waals surface area contributed by atoms with E-state index in [2.05, 4.69) is 15.2 Å². The first-order valence-electron chi connectivity index (χ1n) is 12.5. The summed E-state index contributed by atoms with van der Waals surface area (Å²) in [6.45, 7) is 0. The van der Waals surface area contributed by atoms with Gasteiger partial charge in [0.05, 0.1) is 18.8 Å². The second kappa shape index (κ2) is 10.6. The first kappa shape index (κ1) is 24.6. The van der Waals surface area contributed by atoms with Crippen LogP contribution in [0.3, 0.4) is 0 Å². The van der Waals surface area contributed by atoms with Crippen molar-refractivity contribution in [3.05, 3.63) is 133 Å². The van der Waals surface area contributed by atoms with E-state index in [1.165, 1.54) is 12.1 Å². The van der Waals surface area contributed by atoms with Gasteiger partial charge in [-0.1, -0.05) is 12.1 Å². The lowest BCUT2D eigenvalue weighted by molar-refractivity contribution is 0.413. The minimum Gasteiger partial charge on any atom is -0.497 e. The molecule has 2 atom stereocenters. The molecule has 1 aliphatic heterocycles. The lowest BCUT2D eigenvalue weighted by Crippen LogP contribution is -2.30. The van der Waals surface area contributed by atoms with Crippen molar-refractivity contribution in [1.29, 1.82) is 0 Å². The summed E-state index contributed by atoms with van der Waals surface area (Å²) < 4.78 is 27.4. The number of anilines is 1. The highest BCUT2D eigenvalue weighted by Gasteiger charge is 2.42. The second-order valence-electron chi connectivity index (χ2n) is 9.05.